The lowest BCUT2D eigenvalue weighted by molar-refractivity contribution is -0.123. The number of hydrazine groups is 1. The summed E-state index contributed by atoms with van der Waals surface area (Å²) in [5.41, 5.74) is 8.47. The van der Waals surface area contributed by atoms with Crippen molar-refractivity contribution in [2.24, 2.45) is 0 Å². The summed E-state index contributed by atoms with van der Waals surface area (Å²) in [6.07, 6.45) is 2.61. The Morgan fingerprint density at radius 1 is 1.36 bits per heavy atom. The van der Waals surface area contributed by atoms with Gasteiger partial charge >= 0.3 is 0 Å². The molecule has 1 aromatic carbocycles. The molecule has 0 saturated carbocycles. The third-order valence-electron chi connectivity index (χ3n) is 4.57. The summed E-state index contributed by atoms with van der Waals surface area (Å²) in [5.74, 6) is 0.0337. The molecule has 1 fully saturated rings. The van der Waals surface area contributed by atoms with E-state index in [0.717, 1.165) is 24.0 Å². The average molecular weight is 355 g/mol. The zero-order chi connectivity index (χ0) is 17.2. The van der Waals surface area contributed by atoms with Crippen LogP contribution in [0.3, 0.4) is 0 Å². The summed E-state index contributed by atoms with van der Waals surface area (Å²) in [7, 11) is 0. The lowest BCUT2D eigenvalue weighted by atomic mass is 10.1. The Morgan fingerprint density at radius 3 is 3.08 bits per heavy atom. The molecule has 1 saturated heterocycles. The van der Waals surface area contributed by atoms with Crippen molar-refractivity contribution in [3.8, 4) is 0 Å². The highest BCUT2D eigenvalue weighted by Crippen LogP contribution is 2.19. The molecule has 0 spiro atoms. The number of rotatable bonds is 5. The van der Waals surface area contributed by atoms with Crippen molar-refractivity contribution < 1.29 is 4.79 Å². The van der Waals surface area contributed by atoms with Crippen molar-refractivity contribution in [1.29, 1.82) is 0 Å². The van der Waals surface area contributed by atoms with Crippen LogP contribution in [-0.2, 0) is 11.3 Å². The van der Waals surface area contributed by atoms with E-state index in [4.69, 9.17) is 0 Å². The summed E-state index contributed by atoms with van der Waals surface area (Å²) in [4.78, 5) is 18.1. The van der Waals surface area contributed by atoms with Gasteiger partial charge in [-0.1, -0.05) is 18.2 Å². The van der Waals surface area contributed by atoms with E-state index >= 15 is 0 Å². The topological polar surface area (TPSA) is 71.0 Å². The van der Waals surface area contributed by atoms with Crippen molar-refractivity contribution in [1.82, 2.24) is 25.7 Å². The minimum Gasteiger partial charge on any atom is -0.347 e. The van der Waals surface area contributed by atoms with Crippen LogP contribution in [-0.4, -0.2) is 27.5 Å². The highest BCUT2D eigenvalue weighted by molar-refractivity contribution is 7.10. The van der Waals surface area contributed by atoms with E-state index in [1.54, 1.807) is 11.3 Å². The van der Waals surface area contributed by atoms with Crippen LogP contribution >= 0.6 is 11.3 Å². The van der Waals surface area contributed by atoms with Crippen LogP contribution in [0, 0.1) is 0 Å². The molecule has 130 valence electrons. The molecule has 3 heterocycles. The Bertz CT molecular complexity index is 859. The fraction of sp³-hybridized carbons (Fsp3) is 0.333. The molecule has 3 atom stereocenters. The van der Waals surface area contributed by atoms with Crippen LogP contribution in [0.15, 0.2) is 48.1 Å². The van der Waals surface area contributed by atoms with E-state index in [2.05, 4.69) is 31.8 Å². The highest BCUT2D eigenvalue weighted by Gasteiger charge is 2.30. The van der Waals surface area contributed by atoms with Crippen LogP contribution in [0.25, 0.3) is 11.0 Å². The van der Waals surface area contributed by atoms with Crippen LogP contribution in [0.2, 0.25) is 0 Å². The molecule has 0 aliphatic carbocycles. The molecule has 1 aliphatic heterocycles. The second kappa shape index (κ2) is 6.95. The molecule has 7 heteroatoms. The Hall–Kier alpha value is -2.22. The second-order valence-electron chi connectivity index (χ2n) is 6.41. The molecular weight excluding hydrogens is 334 g/mol. The predicted octanol–water partition coefficient (Wildman–Crippen LogP) is 2.21. The van der Waals surface area contributed by atoms with Crippen LogP contribution < -0.4 is 16.2 Å². The number of benzene rings is 1. The van der Waals surface area contributed by atoms with Crippen molar-refractivity contribution in [2.45, 2.75) is 38.0 Å². The monoisotopic (exact) mass is 355 g/mol. The first kappa shape index (κ1) is 16.3. The standard InChI is InChI=1S/C18H21N5OS/c1-12(17-7-4-8-25-17)20-18(24)15-9-13(21-22-15)10-23-11-19-14-5-2-3-6-16(14)23/h2-8,11-13,15,21-22H,9-10H2,1H3,(H,20,24). The van der Waals surface area contributed by atoms with Crippen molar-refractivity contribution >= 4 is 28.3 Å². The fourth-order valence-corrected chi connectivity index (χ4v) is 3.96. The van der Waals surface area contributed by atoms with Gasteiger partial charge in [-0.25, -0.2) is 10.4 Å². The van der Waals surface area contributed by atoms with Gasteiger partial charge in [0.25, 0.3) is 0 Å². The lowest BCUT2D eigenvalue weighted by Crippen LogP contribution is -2.44. The van der Waals surface area contributed by atoms with Crippen molar-refractivity contribution in [3.05, 3.63) is 53.0 Å². The first-order valence-electron chi connectivity index (χ1n) is 8.45. The van der Waals surface area contributed by atoms with E-state index in [-0.39, 0.29) is 24.0 Å². The molecule has 6 nitrogen and oxygen atoms in total. The summed E-state index contributed by atoms with van der Waals surface area (Å²) in [5, 5.41) is 5.11. The van der Waals surface area contributed by atoms with Crippen LogP contribution in [0.4, 0.5) is 0 Å². The zero-order valence-electron chi connectivity index (χ0n) is 14.0. The molecule has 1 aliphatic rings. The number of para-hydroxylation sites is 2. The van der Waals surface area contributed by atoms with Gasteiger partial charge in [-0.15, -0.1) is 11.3 Å². The third-order valence-corrected chi connectivity index (χ3v) is 5.63. The summed E-state index contributed by atoms with van der Waals surface area (Å²) >= 11 is 1.66. The van der Waals surface area contributed by atoms with E-state index in [9.17, 15) is 4.79 Å². The number of fused-ring (bicyclic) bond motifs is 1. The summed E-state index contributed by atoms with van der Waals surface area (Å²) < 4.78 is 2.13. The number of hydrogen-bond acceptors (Lipinski definition) is 5. The minimum absolute atomic E-state index is 0.0333. The predicted molar refractivity (Wildman–Crippen MR) is 99.1 cm³/mol. The third kappa shape index (κ3) is 3.44. The number of thiophene rings is 1. The molecule has 0 radical (unpaired) electrons. The van der Waals surface area contributed by atoms with Crippen molar-refractivity contribution in [2.75, 3.05) is 0 Å². The lowest BCUT2D eigenvalue weighted by Gasteiger charge is -2.15. The van der Waals surface area contributed by atoms with Gasteiger partial charge in [-0.2, -0.15) is 0 Å². The minimum atomic E-state index is -0.220. The van der Waals surface area contributed by atoms with Gasteiger partial charge in [0, 0.05) is 17.5 Å². The maximum Gasteiger partial charge on any atom is 0.239 e. The van der Waals surface area contributed by atoms with Crippen molar-refractivity contribution in [3.63, 3.8) is 0 Å². The smallest absolute Gasteiger partial charge is 0.239 e. The summed E-state index contributed by atoms with van der Waals surface area (Å²) in [6.45, 7) is 2.79. The van der Waals surface area contributed by atoms with Gasteiger partial charge < -0.3 is 9.88 Å². The number of carbonyl (C=O) groups excluding carboxylic acids is 1. The van der Waals surface area contributed by atoms with Gasteiger partial charge in [0.1, 0.15) is 6.04 Å². The maximum atomic E-state index is 12.5. The van der Waals surface area contributed by atoms with Crippen LogP contribution in [0.5, 0.6) is 0 Å². The first-order chi connectivity index (χ1) is 12.2. The van der Waals surface area contributed by atoms with Crippen LogP contribution in [0.1, 0.15) is 24.3 Å². The molecule has 3 aromatic rings. The zero-order valence-corrected chi connectivity index (χ0v) is 14.8. The number of nitrogens with zero attached hydrogens (tertiary/aromatic N) is 2. The number of amides is 1. The molecule has 25 heavy (non-hydrogen) atoms. The number of carbonyl (C=O) groups is 1. The molecule has 3 unspecified atom stereocenters. The largest absolute Gasteiger partial charge is 0.347 e. The van der Waals surface area contributed by atoms with Gasteiger partial charge in [0.15, 0.2) is 0 Å². The maximum absolute atomic E-state index is 12.5. The van der Waals surface area contributed by atoms with Gasteiger partial charge in [-0.05, 0) is 36.9 Å². The number of nitrogens with one attached hydrogen (secondary N) is 3. The highest BCUT2D eigenvalue weighted by atomic mass is 32.1. The number of imidazole rings is 1. The molecule has 3 N–H and O–H groups in total. The fourth-order valence-electron chi connectivity index (χ4n) is 3.23. The molecule has 4 rings (SSSR count). The first-order valence-corrected chi connectivity index (χ1v) is 9.33. The molecule has 2 aromatic heterocycles. The quantitative estimate of drug-likeness (QED) is 0.656. The molecule has 0 bridgehead atoms. The second-order valence-corrected chi connectivity index (χ2v) is 7.38. The summed E-state index contributed by atoms with van der Waals surface area (Å²) in [6, 6.07) is 12.1. The Balaban J connectivity index is 1.35. The molecule has 1 amide bonds. The number of aromatic nitrogens is 2. The van der Waals surface area contributed by atoms with Gasteiger partial charge in [-0.3, -0.25) is 10.2 Å². The SMILES string of the molecule is CC(NC(=O)C1CC(Cn2cnc3ccccc32)NN1)c1cccs1. The average Bonchev–Trinajstić information content (AvgIpc) is 3.36. The number of hydrogen-bond donors (Lipinski definition) is 3. The van der Waals surface area contributed by atoms with Gasteiger partial charge in [0.05, 0.1) is 23.4 Å². The van der Waals surface area contributed by atoms with E-state index < -0.39 is 0 Å². The van der Waals surface area contributed by atoms with E-state index in [1.165, 1.54) is 4.88 Å². The van der Waals surface area contributed by atoms with E-state index in [0.29, 0.717) is 0 Å². The molecular formula is C18H21N5OS. The van der Waals surface area contributed by atoms with Gasteiger partial charge in [0.2, 0.25) is 5.91 Å². The Morgan fingerprint density at radius 2 is 2.24 bits per heavy atom. The van der Waals surface area contributed by atoms with E-state index in [1.807, 2.05) is 49.0 Å². The normalized spacial score (nSPS) is 21.5. The Labute approximate surface area is 150 Å². The Kier molecular flexibility index (Phi) is 4.52.